The first kappa shape index (κ1) is 18.2. The van der Waals surface area contributed by atoms with Gasteiger partial charge in [0.1, 0.15) is 5.60 Å². The minimum absolute atomic E-state index is 0.197. The number of halogens is 2. The van der Waals surface area contributed by atoms with Crippen molar-refractivity contribution in [2.45, 2.75) is 38.3 Å². The SMILES string of the molecule is Cc1ccc(C2(O)[C@H]3CCC[C@H]2CN(Cc2cccc(Cl)c2Cl)C3)nc1. The van der Waals surface area contributed by atoms with Crippen LogP contribution >= 0.6 is 23.2 Å². The number of benzene rings is 1. The number of hydrogen-bond donors (Lipinski definition) is 1. The average Bonchev–Trinajstić information content (AvgIpc) is 2.60. The van der Waals surface area contributed by atoms with E-state index < -0.39 is 5.60 Å². The van der Waals surface area contributed by atoms with Crippen molar-refractivity contribution >= 4 is 23.2 Å². The lowest BCUT2D eigenvalue weighted by atomic mass is 9.64. The summed E-state index contributed by atoms with van der Waals surface area (Å²) in [6, 6.07) is 9.85. The Balaban J connectivity index is 1.58. The number of piperidine rings is 1. The summed E-state index contributed by atoms with van der Waals surface area (Å²) in [4.78, 5) is 7.00. The van der Waals surface area contributed by atoms with Gasteiger partial charge >= 0.3 is 0 Å². The van der Waals surface area contributed by atoms with Crippen LogP contribution in [0.4, 0.5) is 0 Å². The lowest BCUT2D eigenvalue weighted by Gasteiger charge is -2.52. The molecule has 2 heterocycles. The molecule has 1 aliphatic heterocycles. The maximum Gasteiger partial charge on any atom is 0.114 e. The number of pyridine rings is 1. The Kier molecular flexibility index (Phi) is 5.00. The second-order valence-electron chi connectivity index (χ2n) is 7.78. The van der Waals surface area contributed by atoms with Gasteiger partial charge in [-0.3, -0.25) is 9.88 Å². The molecule has 3 nitrogen and oxygen atoms in total. The molecule has 0 unspecified atom stereocenters. The van der Waals surface area contributed by atoms with Gasteiger partial charge in [0.05, 0.1) is 15.7 Å². The Morgan fingerprint density at radius 3 is 2.54 bits per heavy atom. The van der Waals surface area contributed by atoms with Gasteiger partial charge in [0.15, 0.2) is 0 Å². The minimum atomic E-state index is -0.819. The first-order valence-corrected chi connectivity index (χ1v) is 10.0. The quantitative estimate of drug-likeness (QED) is 0.815. The molecule has 1 aromatic heterocycles. The Morgan fingerprint density at radius 2 is 1.88 bits per heavy atom. The van der Waals surface area contributed by atoms with Gasteiger partial charge in [-0.2, -0.15) is 0 Å². The van der Waals surface area contributed by atoms with Crippen LogP contribution in [0.1, 0.15) is 36.1 Å². The molecule has 1 saturated heterocycles. The van der Waals surface area contributed by atoms with Crippen LogP contribution in [0.15, 0.2) is 36.5 Å². The van der Waals surface area contributed by atoms with Crippen molar-refractivity contribution in [1.82, 2.24) is 9.88 Å². The van der Waals surface area contributed by atoms with Gasteiger partial charge in [-0.1, -0.05) is 47.8 Å². The smallest absolute Gasteiger partial charge is 0.114 e. The van der Waals surface area contributed by atoms with Gasteiger partial charge in [-0.25, -0.2) is 0 Å². The number of hydrogen-bond acceptors (Lipinski definition) is 3. The predicted octanol–water partition coefficient (Wildman–Crippen LogP) is 4.82. The number of aryl methyl sites for hydroxylation is 1. The van der Waals surface area contributed by atoms with Crippen LogP contribution in [0.25, 0.3) is 0 Å². The standard InChI is InChI=1S/C21H24Cl2N2O/c1-14-8-9-19(24-10-14)21(26)16-5-3-6-17(21)13-25(12-16)11-15-4-2-7-18(22)20(15)23/h2,4,7-10,16-17,26H,3,5-6,11-13H2,1H3/t16-,17-/m0/s1. The largest absolute Gasteiger partial charge is 0.383 e. The number of fused-ring (bicyclic) bond motifs is 2. The van der Waals surface area contributed by atoms with E-state index >= 15 is 0 Å². The maximum atomic E-state index is 11.7. The summed E-state index contributed by atoms with van der Waals surface area (Å²) < 4.78 is 0. The molecule has 2 atom stereocenters. The van der Waals surface area contributed by atoms with E-state index in [1.165, 1.54) is 6.42 Å². The van der Waals surface area contributed by atoms with Gasteiger partial charge < -0.3 is 5.11 Å². The van der Waals surface area contributed by atoms with Crippen molar-refractivity contribution in [3.8, 4) is 0 Å². The van der Waals surface area contributed by atoms with Crippen molar-refractivity contribution in [1.29, 1.82) is 0 Å². The molecule has 2 aliphatic rings. The van der Waals surface area contributed by atoms with Crippen LogP contribution in [0, 0.1) is 18.8 Å². The molecule has 0 amide bonds. The molecule has 26 heavy (non-hydrogen) atoms. The highest BCUT2D eigenvalue weighted by Gasteiger charge is 2.52. The third-order valence-corrected chi connectivity index (χ3v) is 6.91. The average molecular weight is 391 g/mol. The van der Waals surface area contributed by atoms with Gasteiger partial charge in [0.2, 0.25) is 0 Å². The minimum Gasteiger partial charge on any atom is -0.383 e. The van der Waals surface area contributed by atoms with Crippen molar-refractivity contribution in [3.63, 3.8) is 0 Å². The molecule has 1 saturated carbocycles. The maximum absolute atomic E-state index is 11.7. The topological polar surface area (TPSA) is 36.4 Å². The van der Waals surface area contributed by atoms with Crippen LogP contribution in [0.5, 0.6) is 0 Å². The predicted molar refractivity (Wildman–Crippen MR) is 105 cm³/mol. The first-order chi connectivity index (χ1) is 12.5. The molecular weight excluding hydrogens is 367 g/mol. The summed E-state index contributed by atoms with van der Waals surface area (Å²) in [7, 11) is 0. The Labute approximate surface area is 165 Å². The summed E-state index contributed by atoms with van der Waals surface area (Å²) >= 11 is 12.5. The van der Waals surface area contributed by atoms with E-state index in [1.807, 2.05) is 43.5 Å². The summed E-state index contributed by atoms with van der Waals surface area (Å²) in [5.74, 6) is 0.395. The molecule has 2 aromatic rings. The number of aromatic nitrogens is 1. The van der Waals surface area contributed by atoms with Crippen LogP contribution in [-0.2, 0) is 12.1 Å². The summed E-state index contributed by atoms with van der Waals surface area (Å²) in [5, 5.41) is 12.9. The van der Waals surface area contributed by atoms with E-state index in [4.69, 9.17) is 23.2 Å². The third-order valence-electron chi connectivity index (χ3n) is 6.05. The molecule has 1 N–H and O–H groups in total. The monoisotopic (exact) mass is 390 g/mol. The molecule has 4 rings (SSSR count). The van der Waals surface area contributed by atoms with E-state index in [1.54, 1.807) is 0 Å². The number of rotatable bonds is 3. The van der Waals surface area contributed by atoms with Crippen LogP contribution in [0.2, 0.25) is 10.0 Å². The van der Waals surface area contributed by atoms with Crippen molar-refractivity contribution < 1.29 is 5.11 Å². The van der Waals surface area contributed by atoms with E-state index in [9.17, 15) is 5.11 Å². The second-order valence-corrected chi connectivity index (χ2v) is 8.56. The Bertz CT molecular complexity index is 779. The highest BCUT2D eigenvalue weighted by Crippen LogP contribution is 2.49. The molecule has 138 valence electrons. The first-order valence-electron chi connectivity index (χ1n) is 9.29. The number of nitrogens with zero attached hydrogens (tertiary/aromatic N) is 2. The number of aliphatic hydroxyl groups is 1. The van der Waals surface area contributed by atoms with Crippen molar-refractivity contribution in [2.24, 2.45) is 11.8 Å². The second kappa shape index (κ2) is 7.12. The van der Waals surface area contributed by atoms with Gasteiger partial charge in [-0.15, -0.1) is 0 Å². The highest BCUT2D eigenvalue weighted by atomic mass is 35.5. The zero-order valence-electron chi connectivity index (χ0n) is 15.0. The Hall–Kier alpha value is -1.13. The molecule has 0 spiro atoms. The van der Waals surface area contributed by atoms with Crippen molar-refractivity contribution in [3.05, 3.63) is 63.4 Å². The van der Waals surface area contributed by atoms with E-state index in [-0.39, 0.29) is 11.8 Å². The molecule has 1 aliphatic carbocycles. The summed E-state index contributed by atoms with van der Waals surface area (Å²) in [6.45, 7) is 4.50. The summed E-state index contributed by atoms with van der Waals surface area (Å²) in [6.07, 6.45) is 5.10. The van der Waals surface area contributed by atoms with E-state index in [0.29, 0.717) is 10.0 Å². The zero-order chi connectivity index (χ0) is 18.3. The molecule has 2 fully saturated rings. The van der Waals surface area contributed by atoms with Crippen LogP contribution in [0.3, 0.4) is 0 Å². The molecule has 2 bridgehead atoms. The van der Waals surface area contributed by atoms with Gasteiger partial charge in [-0.05, 0) is 43.0 Å². The Morgan fingerprint density at radius 1 is 1.15 bits per heavy atom. The molecule has 0 radical (unpaired) electrons. The van der Waals surface area contributed by atoms with Crippen molar-refractivity contribution in [2.75, 3.05) is 13.1 Å². The fraction of sp³-hybridized carbons (Fsp3) is 0.476. The van der Waals surface area contributed by atoms with E-state index in [2.05, 4.69) is 9.88 Å². The lowest BCUT2D eigenvalue weighted by molar-refractivity contribution is -0.151. The highest BCUT2D eigenvalue weighted by molar-refractivity contribution is 6.42. The van der Waals surface area contributed by atoms with Gasteiger partial charge in [0.25, 0.3) is 0 Å². The normalized spacial score (nSPS) is 28.9. The third kappa shape index (κ3) is 3.16. The fourth-order valence-corrected chi connectivity index (χ4v) is 5.09. The van der Waals surface area contributed by atoms with Gasteiger partial charge in [0, 0.05) is 37.7 Å². The molecule has 1 aromatic carbocycles. The number of likely N-dealkylation sites (tertiary alicyclic amines) is 1. The lowest BCUT2D eigenvalue weighted by Crippen LogP contribution is -2.58. The van der Waals surface area contributed by atoms with Crippen LogP contribution in [-0.4, -0.2) is 28.1 Å². The molecule has 5 heteroatoms. The summed E-state index contributed by atoms with van der Waals surface area (Å²) in [5.41, 5.74) is 2.19. The van der Waals surface area contributed by atoms with E-state index in [0.717, 1.165) is 49.3 Å². The van der Waals surface area contributed by atoms with Crippen LogP contribution < -0.4 is 0 Å². The zero-order valence-corrected chi connectivity index (χ0v) is 16.5. The fourth-order valence-electron chi connectivity index (χ4n) is 4.71. The molecular formula is C21H24Cl2N2O.